The molecule has 2 aromatic heterocycles. The second kappa shape index (κ2) is 12.3. The SMILES string of the molecule is CSCC[C@H](NC(=O)c1ccc(C=C(Cn2ccnc2)c2nccs2)c(-c2ccccc2)c1)C(=O)O. The molecule has 4 rings (SSSR count). The van der Waals surface area contributed by atoms with Crippen molar-refractivity contribution in [1.29, 1.82) is 0 Å². The van der Waals surface area contributed by atoms with E-state index in [2.05, 4.69) is 21.4 Å². The molecule has 0 aliphatic rings. The van der Waals surface area contributed by atoms with Crippen molar-refractivity contribution in [2.75, 3.05) is 12.0 Å². The van der Waals surface area contributed by atoms with Crippen molar-refractivity contribution in [3.63, 3.8) is 0 Å². The maximum Gasteiger partial charge on any atom is 0.326 e. The third-order valence-electron chi connectivity index (χ3n) is 5.56. The first kappa shape index (κ1) is 25.4. The summed E-state index contributed by atoms with van der Waals surface area (Å²) in [7, 11) is 0. The number of amides is 1. The predicted octanol–water partition coefficient (Wildman–Crippen LogP) is 5.18. The van der Waals surface area contributed by atoms with Gasteiger partial charge in [-0.1, -0.05) is 36.4 Å². The zero-order valence-electron chi connectivity index (χ0n) is 19.7. The van der Waals surface area contributed by atoms with E-state index in [4.69, 9.17) is 0 Å². The van der Waals surface area contributed by atoms with E-state index < -0.39 is 17.9 Å². The number of allylic oxidation sites excluding steroid dienone is 1. The Morgan fingerprint density at radius 2 is 2.03 bits per heavy atom. The molecule has 0 bridgehead atoms. The molecule has 0 fully saturated rings. The molecule has 0 spiro atoms. The molecule has 2 N–H and O–H groups in total. The first-order valence-corrected chi connectivity index (χ1v) is 13.6. The number of hydrogen-bond acceptors (Lipinski definition) is 6. The minimum atomic E-state index is -1.03. The Balaban J connectivity index is 1.72. The fourth-order valence-electron chi connectivity index (χ4n) is 3.75. The number of thiazole rings is 1. The molecular weight excluding hydrogens is 492 g/mol. The third kappa shape index (κ3) is 6.50. The fourth-order valence-corrected chi connectivity index (χ4v) is 4.87. The molecular formula is C27H26N4O3S2. The molecule has 1 amide bonds. The third-order valence-corrected chi connectivity index (χ3v) is 7.06. The van der Waals surface area contributed by atoms with Crippen LogP contribution in [0, 0.1) is 0 Å². The Morgan fingerprint density at radius 1 is 1.19 bits per heavy atom. The Kier molecular flexibility index (Phi) is 8.70. The average molecular weight is 519 g/mol. The average Bonchev–Trinajstić information content (AvgIpc) is 3.61. The van der Waals surface area contributed by atoms with Crippen LogP contribution in [0.3, 0.4) is 0 Å². The molecule has 36 heavy (non-hydrogen) atoms. The maximum absolute atomic E-state index is 13.0. The lowest BCUT2D eigenvalue weighted by Crippen LogP contribution is -2.41. The number of aliphatic carboxylic acids is 1. The Bertz CT molecular complexity index is 1320. The summed E-state index contributed by atoms with van der Waals surface area (Å²) >= 11 is 3.11. The molecule has 9 heteroatoms. The summed E-state index contributed by atoms with van der Waals surface area (Å²) in [5, 5.41) is 15.0. The van der Waals surface area contributed by atoms with Crippen LogP contribution in [0.1, 0.15) is 27.3 Å². The summed E-state index contributed by atoms with van der Waals surface area (Å²) in [6.07, 6.45) is 11.5. The number of carboxylic acid groups (broad SMARTS) is 1. The van der Waals surface area contributed by atoms with Crippen molar-refractivity contribution in [2.45, 2.75) is 19.0 Å². The summed E-state index contributed by atoms with van der Waals surface area (Å²) in [6.45, 7) is 0.597. The molecule has 0 aliphatic heterocycles. The number of carbonyl (C=O) groups is 2. The lowest BCUT2D eigenvalue weighted by molar-refractivity contribution is -0.139. The number of imidazole rings is 1. The summed E-state index contributed by atoms with van der Waals surface area (Å²) < 4.78 is 1.98. The van der Waals surface area contributed by atoms with Gasteiger partial charge >= 0.3 is 5.97 Å². The van der Waals surface area contributed by atoms with E-state index in [1.807, 2.05) is 64.9 Å². The molecule has 2 heterocycles. The zero-order valence-corrected chi connectivity index (χ0v) is 21.3. The van der Waals surface area contributed by atoms with Crippen molar-refractivity contribution in [1.82, 2.24) is 19.9 Å². The van der Waals surface area contributed by atoms with Crippen molar-refractivity contribution in [3.8, 4) is 11.1 Å². The number of nitrogens with one attached hydrogen (secondary N) is 1. The molecule has 0 aliphatic carbocycles. The van der Waals surface area contributed by atoms with Gasteiger partial charge in [0.05, 0.1) is 12.9 Å². The zero-order chi connectivity index (χ0) is 25.3. The standard InChI is InChI=1S/C27H26N4O3S2/c1-35-13-9-24(27(33)34)30-25(32)21-8-7-20(23(16-21)19-5-3-2-4-6-19)15-22(26-29-11-14-36-26)17-31-12-10-28-18-31/h2-8,10-12,14-16,18,24H,9,13,17H2,1H3,(H,30,32)(H,33,34)/t24-/m0/s1. The monoisotopic (exact) mass is 518 g/mol. The number of carbonyl (C=O) groups excluding carboxylic acids is 1. The van der Waals surface area contributed by atoms with Crippen LogP contribution >= 0.6 is 23.1 Å². The Morgan fingerprint density at radius 3 is 2.69 bits per heavy atom. The highest BCUT2D eigenvalue weighted by Gasteiger charge is 2.21. The van der Waals surface area contributed by atoms with Gasteiger partial charge in [-0.05, 0) is 53.3 Å². The molecule has 0 radical (unpaired) electrons. The van der Waals surface area contributed by atoms with Crippen molar-refractivity contribution >= 4 is 46.6 Å². The lowest BCUT2D eigenvalue weighted by atomic mass is 9.95. The van der Waals surface area contributed by atoms with Gasteiger partial charge in [-0.2, -0.15) is 11.8 Å². The maximum atomic E-state index is 13.0. The van der Waals surface area contributed by atoms with Gasteiger partial charge in [0.25, 0.3) is 5.91 Å². The van der Waals surface area contributed by atoms with Crippen LogP contribution in [0.15, 0.2) is 78.8 Å². The van der Waals surface area contributed by atoms with Crippen LogP contribution in [0.5, 0.6) is 0 Å². The normalized spacial score (nSPS) is 12.3. The first-order chi connectivity index (χ1) is 17.5. The molecule has 0 saturated carbocycles. The van der Waals surface area contributed by atoms with E-state index in [-0.39, 0.29) is 0 Å². The summed E-state index contributed by atoms with van der Waals surface area (Å²) in [4.78, 5) is 33.3. The molecule has 0 saturated heterocycles. The quantitative estimate of drug-likeness (QED) is 0.284. The predicted molar refractivity (Wildman–Crippen MR) is 146 cm³/mol. The van der Waals surface area contributed by atoms with Gasteiger partial charge in [0, 0.05) is 35.1 Å². The van der Waals surface area contributed by atoms with Crippen LogP contribution in [0.25, 0.3) is 22.8 Å². The number of rotatable bonds is 11. The highest BCUT2D eigenvalue weighted by molar-refractivity contribution is 7.98. The van der Waals surface area contributed by atoms with Crippen molar-refractivity contribution in [2.24, 2.45) is 0 Å². The number of nitrogens with zero attached hydrogens (tertiary/aromatic N) is 3. The summed E-state index contributed by atoms with van der Waals surface area (Å²) in [6, 6.07) is 14.3. The Hall–Kier alpha value is -3.69. The second-order valence-corrected chi connectivity index (χ2v) is 9.94. The van der Waals surface area contributed by atoms with Gasteiger partial charge in [-0.25, -0.2) is 14.8 Å². The number of hydrogen-bond donors (Lipinski definition) is 2. The van der Waals surface area contributed by atoms with Gasteiger partial charge in [0.2, 0.25) is 0 Å². The van der Waals surface area contributed by atoms with E-state index in [0.717, 1.165) is 27.3 Å². The number of thioether (sulfide) groups is 1. The lowest BCUT2D eigenvalue weighted by Gasteiger charge is -2.16. The molecule has 7 nitrogen and oxygen atoms in total. The van der Waals surface area contributed by atoms with Crippen molar-refractivity contribution in [3.05, 3.63) is 95.0 Å². The smallest absolute Gasteiger partial charge is 0.326 e. The van der Waals surface area contributed by atoms with Crippen LogP contribution in [0.4, 0.5) is 0 Å². The molecule has 1 atom stereocenters. The van der Waals surface area contributed by atoms with Crippen LogP contribution in [-0.4, -0.2) is 49.6 Å². The van der Waals surface area contributed by atoms with Crippen LogP contribution < -0.4 is 5.32 Å². The summed E-state index contributed by atoms with van der Waals surface area (Å²) in [5.74, 6) is -0.797. The van der Waals surface area contributed by atoms with Gasteiger partial charge in [-0.3, -0.25) is 4.79 Å². The highest BCUT2D eigenvalue weighted by atomic mass is 32.2. The number of aromatic nitrogens is 3. The van der Waals surface area contributed by atoms with E-state index >= 15 is 0 Å². The molecule has 2 aromatic carbocycles. The number of carboxylic acids is 1. The van der Waals surface area contributed by atoms with E-state index in [0.29, 0.717) is 24.3 Å². The van der Waals surface area contributed by atoms with E-state index in [1.165, 1.54) is 0 Å². The molecule has 4 aromatic rings. The van der Waals surface area contributed by atoms with Gasteiger partial charge in [0.1, 0.15) is 11.0 Å². The van der Waals surface area contributed by atoms with E-state index in [1.54, 1.807) is 47.9 Å². The van der Waals surface area contributed by atoms with Crippen LogP contribution in [0.2, 0.25) is 0 Å². The van der Waals surface area contributed by atoms with Crippen molar-refractivity contribution < 1.29 is 14.7 Å². The van der Waals surface area contributed by atoms with Gasteiger partial charge in [-0.15, -0.1) is 11.3 Å². The first-order valence-electron chi connectivity index (χ1n) is 11.3. The summed E-state index contributed by atoms with van der Waals surface area (Å²) in [5.41, 5.74) is 4.18. The molecule has 0 unspecified atom stereocenters. The molecule has 184 valence electrons. The van der Waals surface area contributed by atoms with Gasteiger partial charge in [0.15, 0.2) is 0 Å². The number of benzene rings is 2. The fraction of sp³-hybridized carbons (Fsp3) is 0.185. The topological polar surface area (TPSA) is 97.1 Å². The minimum Gasteiger partial charge on any atom is -0.480 e. The second-order valence-electron chi connectivity index (χ2n) is 8.06. The highest BCUT2D eigenvalue weighted by Crippen LogP contribution is 2.30. The minimum absolute atomic E-state index is 0.361. The van der Waals surface area contributed by atoms with Gasteiger partial charge < -0.3 is 15.0 Å². The Labute approximate surface area is 217 Å². The van der Waals surface area contributed by atoms with Crippen LogP contribution in [-0.2, 0) is 11.3 Å². The largest absolute Gasteiger partial charge is 0.480 e. The van der Waals surface area contributed by atoms with E-state index in [9.17, 15) is 14.7 Å².